The van der Waals surface area contributed by atoms with E-state index >= 15 is 4.39 Å². The molecular weight excluding hydrogens is 344 g/mol. The topological polar surface area (TPSA) is 58.9 Å². The number of anilines is 1. The third kappa shape index (κ3) is 4.12. The molecule has 0 aromatic heterocycles. The van der Waals surface area contributed by atoms with Gasteiger partial charge in [0, 0.05) is 51.6 Å². The van der Waals surface area contributed by atoms with E-state index in [4.69, 9.17) is 4.74 Å². The van der Waals surface area contributed by atoms with Crippen LogP contribution >= 0.6 is 0 Å². The van der Waals surface area contributed by atoms with Crippen molar-refractivity contribution in [2.45, 2.75) is 44.6 Å². The molecule has 3 rings (SSSR count). The molecule has 2 fully saturated rings. The maximum absolute atomic E-state index is 15.3. The van der Waals surface area contributed by atoms with Gasteiger partial charge in [0.05, 0.1) is 17.1 Å². The Morgan fingerprint density at radius 2 is 1.88 bits per heavy atom. The van der Waals surface area contributed by atoms with Crippen molar-refractivity contribution in [2.24, 2.45) is 0 Å². The summed E-state index contributed by atoms with van der Waals surface area (Å²) in [6.45, 7) is 6.18. The molecule has 0 unspecified atom stereocenters. The minimum Gasteiger partial charge on any atom is -0.373 e. The largest absolute Gasteiger partial charge is 0.373 e. The van der Waals surface area contributed by atoms with E-state index in [1.54, 1.807) is 4.90 Å². The van der Waals surface area contributed by atoms with Crippen LogP contribution in [0.4, 0.5) is 20.2 Å². The molecule has 0 amide bonds. The van der Waals surface area contributed by atoms with Gasteiger partial charge in [-0.3, -0.25) is 15.0 Å². The monoisotopic (exact) mass is 369 g/mol. The zero-order chi connectivity index (χ0) is 18.9. The minimum absolute atomic E-state index is 0.0341. The first-order valence-electron chi connectivity index (χ1n) is 9.02. The van der Waals surface area contributed by atoms with Crippen molar-refractivity contribution in [3.05, 3.63) is 34.1 Å². The number of hydrogen-bond acceptors (Lipinski definition) is 5. The molecule has 1 aromatic rings. The van der Waals surface area contributed by atoms with E-state index in [1.807, 2.05) is 13.8 Å². The lowest BCUT2D eigenvalue weighted by atomic mass is 9.91. The van der Waals surface area contributed by atoms with Gasteiger partial charge < -0.3 is 9.64 Å². The van der Waals surface area contributed by atoms with Crippen LogP contribution in [0, 0.1) is 15.9 Å². The van der Waals surface area contributed by atoms with Crippen molar-refractivity contribution in [1.29, 1.82) is 0 Å². The van der Waals surface area contributed by atoms with Crippen LogP contribution in [-0.4, -0.2) is 60.4 Å². The quantitative estimate of drug-likeness (QED) is 0.603. The van der Waals surface area contributed by atoms with E-state index in [1.165, 1.54) is 18.2 Å². The van der Waals surface area contributed by atoms with Crippen LogP contribution < -0.4 is 4.90 Å². The van der Waals surface area contributed by atoms with Crippen LogP contribution in [-0.2, 0) is 4.74 Å². The fourth-order valence-electron chi connectivity index (χ4n) is 4.07. The van der Waals surface area contributed by atoms with Gasteiger partial charge in [-0.25, -0.2) is 8.78 Å². The van der Waals surface area contributed by atoms with Gasteiger partial charge in [0.2, 0.25) is 0 Å². The van der Waals surface area contributed by atoms with Crippen molar-refractivity contribution in [1.82, 2.24) is 4.90 Å². The van der Waals surface area contributed by atoms with Crippen LogP contribution in [0.15, 0.2) is 18.2 Å². The third-order valence-electron chi connectivity index (χ3n) is 5.14. The molecule has 0 spiro atoms. The summed E-state index contributed by atoms with van der Waals surface area (Å²) in [5.41, 5.74) is -1.67. The highest BCUT2D eigenvalue weighted by molar-refractivity contribution is 5.64. The Morgan fingerprint density at radius 3 is 2.46 bits per heavy atom. The lowest BCUT2D eigenvalue weighted by molar-refractivity contribution is -0.384. The smallest absolute Gasteiger partial charge is 0.295 e. The number of hydrogen-bond donors (Lipinski definition) is 0. The van der Waals surface area contributed by atoms with Gasteiger partial charge >= 0.3 is 0 Å². The minimum atomic E-state index is -1.37. The number of alkyl halides is 1. The lowest BCUT2D eigenvalue weighted by Gasteiger charge is -2.42. The molecule has 0 N–H and O–H groups in total. The summed E-state index contributed by atoms with van der Waals surface area (Å²) in [6.07, 6.45) is 0.587. The number of morpholine rings is 1. The number of ether oxygens (including phenoxy) is 1. The van der Waals surface area contributed by atoms with E-state index in [0.717, 1.165) is 0 Å². The Balaban J connectivity index is 1.67. The highest BCUT2D eigenvalue weighted by Crippen LogP contribution is 2.36. The van der Waals surface area contributed by atoms with Gasteiger partial charge in [0.15, 0.2) is 11.5 Å². The molecular formula is C18H25F2N3O3. The highest BCUT2D eigenvalue weighted by Gasteiger charge is 2.39. The average Bonchev–Trinajstić information content (AvgIpc) is 2.54. The van der Waals surface area contributed by atoms with E-state index in [0.29, 0.717) is 19.6 Å². The van der Waals surface area contributed by atoms with Crippen LogP contribution in [0.5, 0.6) is 0 Å². The molecule has 2 aliphatic rings. The summed E-state index contributed by atoms with van der Waals surface area (Å²) >= 11 is 0. The number of halogens is 2. The third-order valence-corrected chi connectivity index (χ3v) is 5.14. The van der Waals surface area contributed by atoms with E-state index in [-0.39, 0.29) is 49.5 Å². The standard InChI is InChI=1S/C18H25F2N3O3/c1-13-10-21(11-14(2)26-13)12-18(20)6-8-22(9-7-18)17-15(19)4-3-5-16(17)23(24)25/h3-5,13-14H,6-12H2,1-2H3/t13-,14+. The summed E-state index contributed by atoms with van der Waals surface area (Å²) < 4.78 is 35.2. The summed E-state index contributed by atoms with van der Waals surface area (Å²) in [5, 5.41) is 11.2. The maximum Gasteiger partial charge on any atom is 0.295 e. The molecule has 144 valence electrons. The van der Waals surface area contributed by atoms with Crippen LogP contribution in [0.1, 0.15) is 26.7 Å². The number of rotatable bonds is 4. The Labute approximate surface area is 151 Å². The van der Waals surface area contributed by atoms with E-state index in [2.05, 4.69) is 4.90 Å². The van der Waals surface area contributed by atoms with E-state index < -0.39 is 16.4 Å². The fourth-order valence-corrected chi connectivity index (χ4v) is 4.07. The maximum atomic E-state index is 15.3. The molecule has 0 saturated carbocycles. The molecule has 8 heteroatoms. The van der Waals surface area contributed by atoms with Gasteiger partial charge in [0.25, 0.3) is 5.69 Å². The Bertz CT molecular complexity index is 655. The van der Waals surface area contributed by atoms with Crippen LogP contribution in [0.25, 0.3) is 0 Å². The first-order valence-corrected chi connectivity index (χ1v) is 9.02. The van der Waals surface area contributed by atoms with Crippen LogP contribution in [0.2, 0.25) is 0 Å². The molecule has 0 bridgehead atoms. The number of nitro groups is 1. The predicted molar refractivity (Wildman–Crippen MR) is 94.8 cm³/mol. The molecule has 2 saturated heterocycles. The van der Waals surface area contributed by atoms with Gasteiger partial charge in [-0.1, -0.05) is 6.07 Å². The van der Waals surface area contributed by atoms with E-state index in [9.17, 15) is 14.5 Å². The zero-order valence-corrected chi connectivity index (χ0v) is 15.2. The molecule has 2 atom stereocenters. The summed E-state index contributed by atoms with van der Waals surface area (Å²) in [5.74, 6) is -0.638. The van der Waals surface area contributed by atoms with Crippen molar-refractivity contribution in [3.63, 3.8) is 0 Å². The molecule has 0 radical (unpaired) electrons. The normalized spacial score (nSPS) is 26.7. The lowest BCUT2D eigenvalue weighted by Crippen LogP contribution is -2.53. The molecule has 0 aliphatic carbocycles. The SMILES string of the molecule is C[C@@H]1CN(CC2(F)CCN(c3c(F)cccc3[N+](=O)[O-])CC2)C[C@H](C)O1. The van der Waals surface area contributed by atoms with Crippen molar-refractivity contribution in [3.8, 4) is 0 Å². The molecule has 2 aliphatic heterocycles. The second kappa shape index (κ2) is 7.44. The van der Waals surface area contributed by atoms with Crippen molar-refractivity contribution in [2.75, 3.05) is 37.6 Å². The first-order chi connectivity index (χ1) is 12.3. The Hall–Kier alpha value is -1.80. The molecule has 2 heterocycles. The summed E-state index contributed by atoms with van der Waals surface area (Å²) in [7, 11) is 0. The fraction of sp³-hybridized carbons (Fsp3) is 0.667. The molecule has 1 aromatic carbocycles. The summed E-state index contributed by atoms with van der Waals surface area (Å²) in [6, 6.07) is 3.81. The second-order valence-electron chi connectivity index (χ2n) is 7.45. The number of piperidine rings is 1. The Morgan fingerprint density at radius 1 is 1.27 bits per heavy atom. The van der Waals surface area contributed by atoms with Gasteiger partial charge in [-0.05, 0) is 19.9 Å². The van der Waals surface area contributed by atoms with Crippen LogP contribution in [0.3, 0.4) is 0 Å². The number of nitro benzene ring substituents is 1. The Kier molecular flexibility index (Phi) is 5.43. The van der Waals surface area contributed by atoms with Crippen molar-refractivity contribution >= 4 is 11.4 Å². The van der Waals surface area contributed by atoms with Crippen molar-refractivity contribution < 1.29 is 18.4 Å². The molecule has 26 heavy (non-hydrogen) atoms. The number of nitrogens with zero attached hydrogens (tertiary/aromatic N) is 3. The average molecular weight is 369 g/mol. The van der Waals surface area contributed by atoms with Gasteiger partial charge in [-0.2, -0.15) is 0 Å². The zero-order valence-electron chi connectivity index (χ0n) is 15.2. The van der Waals surface area contributed by atoms with Gasteiger partial charge in [-0.15, -0.1) is 0 Å². The number of benzene rings is 1. The summed E-state index contributed by atoms with van der Waals surface area (Å²) in [4.78, 5) is 14.3. The second-order valence-corrected chi connectivity index (χ2v) is 7.45. The first kappa shape index (κ1) is 19.0. The van der Waals surface area contributed by atoms with Gasteiger partial charge in [0.1, 0.15) is 5.67 Å². The highest BCUT2D eigenvalue weighted by atomic mass is 19.1. The predicted octanol–water partition coefficient (Wildman–Crippen LogP) is 3.15. The molecule has 6 nitrogen and oxygen atoms in total. The number of para-hydroxylation sites is 1.